The molecule has 106 valence electrons. The number of hydrogen-bond acceptors (Lipinski definition) is 0. The highest BCUT2D eigenvalue weighted by Crippen LogP contribution is 2.37. The van der Waals surface area contributed by atoms with Crippen LogP contribution in [0.5, 0.6) is 0 Å². The van der Waals surface area contributed by atoms with Crippen LogP contribution < -0.4 is 0 Å². The molecule has 0 amide bonds. The minimum Gasteiger partial charge on any atom is -0.206 e. The van der Waals surface area contributed by atoms with Crippen molar-refractivity contribution in [3.8, 4) is 0 Å². The molecule has 0 bridgehead atoms. The third-order valence-electron chi connectivity index (χ3n) is 3.97. The van der Waals surface area contributed by atoms with Crippen LogP contribution in [0.25, 0.3) is 10.8 Å². The summed E-state index contributed by atoms with van der Waals surface area (Å²) >= 11 is 6.75. The first kappa shape index (κ1) is 14.1. The molecule has 0 saturated heterocycles. The van der Waals surface area contributed by atoms with E-state index in [2.05, 4.69) is 26.0 Å². The predicted octanol–water partition coefficient (Wildman–Crippen LogP) is 5.92. The fourth-order valence-corrected chi connectivity index (χ4v) is 3.42. The number of aryl methyl sites for hydroxylation is 2. The van der Waals surface area contributed by atoms with Crippen molar-refractivity contribution >= 4 is 22.4 Å². The highest BCUT2D eigenvalue weighted by atomic mass is 35.5. The van der Waals surface area contributed by atoms with Crippen LogP contribution in [0, 0.1) is 19.7 Å². The summed E-state index contributed by atoms with van der Waals surface area (Å²) in [6.07, 6.45) is 0. The predicted molar refractivity (Wildman–Crippen MR) is 87.5 cm³/mol. The molecular formula is C19H16ClF. The number of benzene rings is 3. The SMILES string of the molecule is Cc1cccc(C)c1C(Cl)c1ccc(F)c2ccccc12. The van der Waals surface area contributed by atoms with Crippen LogP contribution in [0.2, 0.25) is 0 Å². The minimum absolute atomic E-state index is 0.209. The van der Waals surface area contributed by atoms with Crippen LogP contribution in [-0.2, 0) is 0 Å². The van der Waals surface area contributed by atoms with Crippen molar-refractivity contribution < 1.29 is 4.39 Å². The van der Waals surface area contributed by atoms with E-state index in [1.807, 2.05) is 24.3 Å². The molecule has 0 saturated carbocycles. The molecule has 1 unspecified atom stereocenters. The molecular weight excluding hydrogens is 283 g/mol. The van der Waals surface area contributed by atoms with Gasteiger partial charge in [-0.1, -0.05) is 48.5 Å². The van der Waals surface area contributed by atoms with Crippen LogP contribution in [0.15, 0.2) is 54.6 Å². The zero-order valence-electron chi connectivity index (χ0n) is 12.0. The van der Waals surface area contributed by atoms with Crippen molar-refractivity contribution in [1.29, 1.82) is 0 Å². The molecule has 21 heavy (non-hydrogen) atoms. The van der Waals surface area contributed by atoms with Gasteiger partial charge in [0.2, 0.25) is 0 Å². The molecule has 0 N–H and O–H groups in total. The van der Waals surface area contributed by atoms with E-state index in [9.17, 15) is 4.39 Å². The molecule has 0 aliphatic rings. The Kier molecular flexibility index (Phi) is 3.69. The highest BCUT2D eigenvalue weighted by molar-refractivity contribution is 6.23. The second-order valence-corrected chi connectivity index (χ2v) is 5.79. The van der Waals surface area contributed by atoms with Crippen molar-refractivity contribution in [1.82, 2.24) is 0 Å². The average Bonchev–Trinajstić information content (AvgIpc) is 2.47. The van der Waals surface area contributed by atoms with Gasteiger partial charge < -0.3 is 0 Å². The summed E-state index contributed by atoms with van der Waals surface area (Å²) in [6.45, 7) is 4.12. The summed E-state index contributed by atoms with van der Waals surface area (Å²) in [5.74, 6) is -0.209. The zero-order chi connectivity index (χ0) is 15.0. The van der Waals surface area contributed by atoms with E-state index in [-0.39, 0.29) is 11.2 Å². The van der Waals surface area contributed by atoms with Crippen molar-refractivity contribution in [2.75, 3.05) is 0 Å². The van der Waals surface area contributed by atoms with E-state index in [1.54, 1.807) is 12.1 Å². The Labute approximate surface area is 129 Å². The zero-order valence-corrected chi connectivity index (χ0v) is 12.8. The van der Waals surface area contributed by atoms with Gasteiger partial charge in [-0.2, -0.15) is 0 Å². The van der Waals surface area contributed by atoms with Crippen LogP contribution in [0.4, 0.5) is 4.39 Å². The van der Waals surface area contributed by atoms with Gasteiger partial charge in [0.25, 0.3) is 0 Å². The lowest BCUT2D eigenvalue weighted by Crippen LogP contribution is -2.01. The maximum Gasteiger partial charge on any atom is 0.131 e. The number of alkyl halides is 1. The summed E-state index contributed by atoms with van der Waals surface area (Å²) in [5, 5.41) is 1.21. The molecule has 0 aliphatic heterocycles. The second-order valence-electron chi connectivity index (χ2n) is 5.35. The smallest absolute Gasteiger partial charge is 0.131 e. The van der Waals surface area contributed by atoms with E-state index in [4.69, 9.17) is 11.6 Å². The van der Waals surface area contributed by atoms with Gasteiger partial charge in [-0.05, 0) is 47.6 Å². The lowest BCUT2D eigenvalue weighted by atomic mass is 9.92. The van der Waals surface area contributed by atoms with Crippen molar-refractivity contribution in [2.45, 2.75) is 19.2 Å². The van der Waals surface area contributed by atoms with Crippen molar-refractivity contribution in [3.05, 3.63) is 82.7 Å². The Bertz CT molecular complexity index is 788. The van der Waals surface area contributed by atoms with E-state index >= 15 is 0 Å². The third-order valence-corrected chi connectivity index (χ3v) is 4.43. The normalized spacial score (nSPS) is 12.6. The molecule has 0 aliphatic carbocycles. The van der Waals surface area contributed by atoms with Gasteiger partial charge in [0, 0.05) is 5.39 Å². The Morgan fingerprint density at radius 2 is 1.43 bits per heavy atom. The molecule has 0 nitrogen and oxygen atoms in total. The largest absolute Gasteiger partial charge is 0.206 e. The quantitative estimate of drug-likeness (QED) is 0.515. The number of halogens is 2. The Morgan fingerprint density at radius 3 is 2.10 bits per heavy atom. The van der Waals surface area contributed by atoms with Crippen LogP contribution in [0.3, 0.4) is 0 Å². The van der Waals surface area contributed by atoms with Crippen molar-refractivity contribution in [3.63, 3.8) is 0 Å². The monoisotopic (exact) mass is 298 g/mol. The van der Waals surface area contributed by atoms with Gasteiger partial charge in [-0.15, -0.1) is 11.6 Å². The summed E-state index contributed by atoms with van der Waals surface area (Å²) < 4.78 is 13.9. The maximum atomic E-state index is 13.9. The molecule has 3 rings (SSSR count). The molecule has 0 spiro atoms. The van der Waals surface area contributed by atoms with Gasteiger partial charge in [0.1, 0.15) is 5.82 Å². The van der Waals surface area contributed by atoms with Crippen LogP contribution in [-0.4, -0.2) is 0 Å². The van der Waals surface area contributed by atoms with Gasteiger partial charge >= 0.3 is 0 Å². The van der Waals surface area contributed by atoms with Crippen molar-refractivity contribution in [2.24, 2.45) is 0 Å². The number of hydrogen-bond donors (Lipinski definition) is 0. The van der Waals surface area contributed by atoms with Gasteiger partial charge in [0.15, 0.2) is 0 Å². The summed E-state index contributed by atoms with van der Waals surface area (Å²) in [7, 11) is 0. The first-order chi connectivity index (χ1) is 10.1. The summed E-state index contributed by atoms with van der Waals surface area (Å²) in [5.41, 5.74) is 4.37. The van der Waals surface area contributed by atoms with Gasteiger partial charge in [0.05, 0.1) is 5.38 Å². The fraction of sp³-hybridized carbons (Fsp3) is 0.158. The molecule has 0 fully saturated rings. The highest BCUT2D eigenvalue weighted by Gasteiger charge is 2.18. The summed E-state index contributed by atoms with van der Waals surface area (Å²) in [4.78, 5) is 0. The lowest BCUT2D eigenvalue weighted by Gasteiger charge is -2.18. The van der Waals surface area contributed by atoms with E-state index in [0.717, 1.165) is 27.6 Å². The van der Waals surface area contributed by atoms with Gasteiger partial charge in [-0.3, -0.25) is 0 Å². The van der Waals surface area contributed by atoms with E-state index in [0.29, 0.717) is 5.39 Å². The topological polar surface area (TPSA) is 0 Å². The lowest BCUT2D eigenvalue weighted by molar-refractivity contribution is 0.639. The molecule has 1 atom stereocenters. The first-order valence-corrected chi connectivity index (χ1v) is 7.40. The Morgan fingerprint density at radius 1 is 0.810 bits per heavy atom. The fourth-order valence-electron chi connectivity index (χ4n) is 2.89. The average molecular weight is 299 g/mol. The first-order valence-electron chi connectivity index (χ1n) is 6.97. The molecule has 0 radical (unpaired) electrons. The molecule has 0 heterocycles. The molecule has 3 aromatic carbocycles. The van der Waals surface area contributed by atoms with Crippen LogP contribution >= 0.6 is 11.6 Å². The molecule has 3 aromatic rings. The Hall–Kier alpha value is -1.86. The Balaban J connectivity index is 2.23. The molecule has 2 heteroatoms. The second kappa shape index (κ2) is 5.50. The standard InChI is InChI=1S/C19H16ClF/c1-12-6-5-7-13(2)18(12)19(20)16-10-11-17(21)15-9-4-3-8-14(15)16/h3-11,19H,1-2H3. The maximum absolute atomic E-state index is 13.9. The van der Waals surface area contributed by atoms with Gasteiger partial charge in [-0.25, -0.2) is 4.39 Å². The van der Waals surface area contributed by atoms with Crippen LogP contribution in [0.1, 0.15) is 27.6 Å². The third kappa shape index (κ3) is 2.43. The number of rotatable bonds is 2. The van der Waals surface area contributed by atoms with E-state index in [1.165, 1.54) is 6.07 Å². The van der Waals surface area contributed by atoms with E-state index < -0.39 is 0 Å². The molecule has 0 aromatic heterocycles. The summed E-state index contributed by atoms with van der Waals surface area (Å²) in [6, 6.07) is 16.9. The minimum atomic E-state index is -0.281. The number of fused-ring (bicyclic) bond motifs is 1.